The highest BCUT2D eigenvalue weighted by Gasteiger charge is 2.29. The fraction of sp³-hybridized carbons (Fsp3) is 0.0952. The number of nitrogens with one attached hydrogen (secondary N) is 2. The molecule has 1 aliphatic heterocycles. The highest BCUT2D eigenvalue weighted by atomic mass is 35.5. The molecule has 35 heavy (non-hydrogen) atoms. The Labute approximate surface area is 207 Å². The number of anilines is 4. The van der Waals surface area contributed by atoms with Crippen molar-refractivity contribution >= 4 is 64.0 Å². The van der Waals surface area contributed by atoms with Gasteiger partial charge in [0.25, 0.3) is 11.8 Å². The third-order valence-corrected chi connectivity index (χ3v) is 5.37. The topological polar surface area (TPSA) is 169 Å². The molecule has 2 aromatic heterocycles. The SMILES string of the molecule is Nc1nc(NCCNc2ncc(N3C(=O)C=CC3=O)c(-c3ccc(Cl)cc3Cl)n2)ccc1[N+](=O)[O-]. The molecule has 4 rings (SSSR count). The van der Waals surface area contributed by atoms with Crippen LogP contribution in [0.4, 0.5) is 29.0 Å². The number of amides is 2. The van der Waals surface area contributed by atoms with Gasteiger partial charge >= 0.3 is 5.69 Å². The second-order valence-corrected chi connectivity index (χ2v) is 7.95. The minimum atomic E-state index is -0.613. The van der Waals surface area contributed by atoms with Crippen molar-refractivity contribution in [1.82, 2.24) is 15.0 Å². The van der Waals surface area contributed by atoms with Crippen molar-refractivity contribution in [1.29, 1.82) is 0 Å². The monoisotopic (exact) mass is 514 g/mol. The Hall–Kier alpha value is -4.29. The Balaban J connectivity index is 1.53. The zero-order valence-electron chi connectivity index (χ0n) is 17.7. The third kappa shape index (κ3) is 5.13. The Kier molecular flexibility index (Phi) is 6.75. The van der Waals surface area contributed by atoms with E-state index in [1.165, 1.54) is 24.4 Å². The number of pyridine rings is 1. The van der Waals surface area contributed by atoms with Crippen molar-refractivity contribution in [2.75, 3.05) is 34.4 Å². The quantitative estimate of drug-likeness (QED) is 0.175. The maximum absolute atomic E-state index is 12.3. The van der Waals surface area contributed by atoms with Gasteiger partial charge in [-0.15, -0.1) is 0 Å². The first kappa shape index (κ1) is 23.9. The van der Waals surface area contributed by atoms with E-state index in [4.69, 9.17) is 28.9 Å². The molecule has 0 unspecified atom stereocenters. The van der Waals surface area contributed by atoms with Gasteiger partial charge in [-0.05, 0) is 24.3 Å². The summed E-state index contributed by atoms with van der Waals surface area (Å²) in [4.78, 5) is 48.3. The number of nitrogens with zero attached hydrogens (tertiary/aromatic N) is 5. The number of hydrogen-bond donors (Lipinski definition) is 3. The first-order valence-electron chi connectivity index (χ1n) is 10.0. The number of benzene rings is 1. The van der Waals surface area contributed by atoms with E-state index in [0.29, 0.717) is 29.5 Å². The number of aromatic nitrogens is 3. The summed E-state index contributed by atoms with van der Waals surface area (Å²) >= 11 is 12.4. The number of carbonyl (C=O) groups is 2. The molecule has 3 aromatic rings. The number of imide groups is 1. The van der Waals surface area contributed by atoms with E-state index in [2.05, 4.69) is 25.6 Å². The molecule has 12 nitrogen and oxygen atoms in total. The van der Waals surface area contributed by atoms with Gasteiger partial charge < -0.3 is 16.4 Å². The number of carbonyl (C=O) groups excluding carboxylic acids is 2. The van der Waals surface area contributed by atoms with Crippen molar-refractivity contribution < 1.29 is 14.5 Å². The smallest absolute Gasteiger partial charge is 0.311 e. The number of nitro groups is 1. The molecular weight excluding hydrogens is 499 g/mol. The predicted molar refractivity (Wildman–Crippen MR) is 131 cm³/mol. The standard InChI is InChI=1S/C21H16Cl2N8O4/c22-11-1-2-12(13(23)9-11)19-15(30-17(32)5-6-18(30)33)10-27-21(29-19)26-8-7-25-16-4-3-14(31(34)35)20(24)28-16/h1-6,9-10H,7-8H2,(H3,24,25,28)(H,26,27,29). The summed E-state index contributed by atoms with van der Waals surface area (Å²) in [6.45, 7) is 0.675. The molecule has 1 aromatic carbocycles. The molecule has 0 saturated heterocycles. The van der Waals surface area contributed by atoms with Gasteiger partial charge in [0.05, 0.1) is 21.8 Å². The summed E-state index contributed by atoms with van der Waals surface area (Å²) in [7, 11) is 0. The van der Waals surface area contributed by atoms with Crippen molar-refractivity contribution in [2.24, 2.45) is 0 Å². The first-order chi connectivity index (χ1) is 16.7. The lowest BCUT2D eigenvalue weighted by atomic mass is 10.1. The normalized spacial score (nSPS) is 12.8. The molecule has 0 fully saturated rings. The van der Waals surface area contributed by atoms with E-state index in [1.807, 2.05) is 0 Å². The Morgan fingerprint density at radius 2 is 1.74 bits per heavy atom. The van der Waals surface area contributed by atoms with Gasteiger partial charge in [-0.25, -0.2) is 19.9 Å². The van der Waals surface area contributed by atoms with Crippen LogP contribution in [-0.4, -0.2) is 44.8 Å². The van der Waals surface area contributed by atoms with E-state index >= 15 is 0 Å². The zero-order valence-corrected chi connectivity index (χ0v) is 19.2. The van der Waals surface area contributed by atoms with E-state index < -0.39 is 16.7 Å². The minimum absolute atomic E-state index is 0.170. The average Bonchev–Trinajstić information content (AvgIpc) is 3.14. The summed E-state index contributed by atoms with van der Waals surface area (Å²) in [5, 5.41) is 17.5. The van der Waals surface area contributed by atoms with Gasteiger partial charge in [-0.2, -0.15) is 0 Å². The van der Waals surface area contributed by atoms with Gasteiger partial charge in [0.2, 0.25) is 11.8 Å². The number of nitrogen functional groups attached to an aromatic ring is 1. The molecule has 0 bridgehead atoms. The van der Waals surface area contributed by atoms with Gasteiger partial charge in [-0.1, -0.05) is 23.2 Å². The van der Waals surface area contributed by atoms with Crippen molar-refractivity contribution in [3.63, 3.8) is 0 Å². The average molecular weight is 515 g/mol. The molecule has 0 spiro atoms. The molecule has 2 amide bonds. The van der Waals surface area contributed by atoms with Crippen LogP contribution in [0.5, 0.6) is 0 Å². The first-order valence-corrected chi connectivity index (χ1v) is 10.8. The van der Waals surface area contributed by atoms with Crippen molar-refractivity contribution in [2.45, 2.75) is 0 Å². The predicted octanol–water partition coefficient (Wildman–Crippen LogP) is 3.29. The Morgan fingerprint density at radius 3 is 2.40 bits per heavy atom. The second kappa shape index (κ2) is 9.91. The highest BCUT2D eigenvalue weighted by molar-refractivity contribution is 6.37. The van der Waals surface area contributed by atoms with Crippen LogP contribution in [0.1, 0.15) is 0 Å². The molecule has 0 aliphatic carbocycles. The lowest BCUT2D eigenvalue weighted by Gasteiger charge is -2.19. The maximum atomic E-state index is 12.3. The third-order valence-electron chi connectivity index (χ3n) is 4.82. The number of nitrogens with two attached hydrogens (primary N) is 1. The van der Waals surface area contributed by atoms with Crippen molar-refractivity contribution in [3.8, 4) is 11.3 Å². The van der Waals surface area contributed by atoms with E-state index in [0.717, 1.165) is 17.1 Å². The largest absolute Gasteiger partial charge is 0.378 e. The second-order valence-electron chi connectivity index (χ2n) is 7.11. The van der Waals surface area contributed by atoms with Crippen LogP contribution in [0, 0.1) is 10.1 Å². The molecule has 178 valence electrons. The molecule has 3 heterocycles. The van der Waals surface area contributed by atoms with Gasteiger partial charge in [-0.3, -0.25) is 19.7 Å². The summed E-state index contributed by atoms with van der Waals surface area (Å²) in [5.74, 6) is -0.676. The van der Waals surface area contributed by atoms with Gasteiger partial charge in [0.15, 0.2) is 0 Å². The molecule has 0 radical (unpaired) electrons. The Bertz CT molecular complexity index is 1360. The Morgan fingerprint density at radius 1 is 1.03 bits per heavy atom. The van der Waals surface area contributed by atoms with Crippen LogP contribution in [-0.2, 0) is 9.59 Å². The van der Waals surface area contributed by atoms with Crippen LogP contribution in [0.25, 0.3) is 11.3 Å². The summed E-state index contributed by atoms with van der Waals surface area (Å²) < 4.78 is 0. The van der Waals surface area contributed by atoms with Crippen LogP contribution in [0.3, 0.4) is 0 Å². The van der Waals surface area contributed by atoms with E-state index in [9.17, 15) is 19.7 Å². The summed E-state index contributed by atoms with van der Waals surface area (Å²) in [6.07, 6.45) is 3.67. The lowest BCUT2D eigenvalue weighted by Crippen LogP contribution is -2.30. The summed E-state index contributed by atoms with van der Waals surface area (Å²) in [5.41, 5.74) is 6.19. The maximum Gasteiger partial charge on any atom is 0.311 e. The van der Waals surface area contributed by atoms with Crippen LogP contribution in [0.2, 0.25) is 10.0 Å². The number of halogens is 2. The molecule has 1 aliphatic rings. The molecule has 0 saturated carbocycles. The van der Waals surface area contributed by atoms with E-state index in [1.54, 1.807) is 12.1 Å². The fourth-order valence-corrected chi connectivity index (χ4v) is 3.72. The highest BCUT2D eigenvalue weighted by Crippen LogP contribution is 2.36. The zero-order chi connectivity index (χ0) is 25.1. The van der Waals surface area contributed by atoms with Crippen LogP contribution >= 0.6 is 23.2 Å². The molecular formula is C21H16Cl2N8O4. The number of hydrogen-bond acceptors (Lipinski definition) is 10. The van der Waals surface area contributed by atoms with Gasteiger partial charge in [0.1, 0.15) is 11.5 Å². The fourth-order valence-electron chi connectivity index (χ4n) is 3.23. The minimum Gasteiger partial charge on any atom is -0.378 e. The molecule has 14 heteroatoms. The van der Waals surface area contributed by atoms with E-state index in [-0.39, 0.29) is 33.9 Å². The van der Waals surface area contributed by atoms with Crippen LogP contribution < -0.4 is 21.3 Å². The van der Waals surface area contributed by atoms with Crippen LogP contribution in [0.15, 0.2) is 48.7 Å². The lowest BCUT2D eigenvalue weighted by molar-refractivity contribution is -0.384. The summed E-state index contributed by atoms with van der Waals surface area (Å²) in [6, 6.07) is 7.47. The van der Waals surface area contributed by atoms with Gasteiger partial charge in [0, 0.05) is 41.9 Å². The molecule has 4 N–H and O–H groups in total. The van der Waals surface area contributed by atoms with Crippen molar-refractivity contribution in [3.05, 3.63) is 68.8 Å². The number of rotatable bonds is 8. The molecule has 0 atom stereocenters.